The predicted molar refractivity (Wildman–Crippen MR) is 113 cm³/mol. The minimum Gasteiger partial charge on any atom is -0.491 e. The molecule has 1 amide bonds. The van der Waals surface area contributed by atoms with E-state index in [1.165, 1.54) is 13.0 Å². The first-order valence-electron chi connectivity index (χ1n) is 10.0. The summed E-state index contributed by atoms with van der Waals surface area (Å²) in [6.45, 7) is 0.0659. The van der Waals surface area contributed by atoms with E-state index < -0.39 is 69.1 Å². The molecule has 0 radical (unpaired) electrons. The number of methoxy groups -OCH3 is 1. The van der Waals surface area contributed by atoms with E-state index in [-0.39, 0.29) is 18.0 Å². The van der Waals surface area contributed by atoms with Gasteiger partial charge in [0, 0.05) is 31.0 Å². The fourth-order valence-electron chi connectivity index (χ4n) is 3.84. The fourth-order valence-corrected chi connectivity index (χ4v) is 4.34. The summed E-state index contributed by atoms with van der Waals surface area (Å²) >= 11 is 0. The van der Waals surface area contributed by atoms with E-state index in [0.29, 0.717) is 6.07 Å². The van der Waals surface area contributed by atoms with Crippen LogP contribution in [0.15, 0.2) is 35.5 Å². The molecule has 15 heteroatoms. The number of amides is 1. The number of aromatic nitrogens is 1. The van der Waals surface area contributed by atoms with Crippen LogP contribution < -0.4 is 20.1 Å². The zero-order valence-corrected chi connectivity index (χ0v) is 19.2. The molecule has 2 aromatic rings. The Labute approximate surface area is 197 Å². The third kappa shape index (κ3) is 5.16. The molecule has 3 rings (SSSR count). The van der Waals surface area contributed by atoms with Gasteiger partial charge in [-0.15, -0.1) is 0 Å². The van der Waals surface area contributed by atoms with Gasteiger partial charge in [-0.1, -0.05) is 0 Å². The van der Waals surface area contributed by atoms with Crippen molar-refractivity contribution in [3.63, 3.8) is 0 Å². The van der Waals surface area contributed by atoms with E-state index in [0.717, 1.165) is 30.3 Å². The molecule has 35 heavy (non-hydrogen) atoms. The zero-order chi connectivity index (χ0) is 26.2. The van der Waals surface area contributed by atoms with Gasteiger partial charge >= 0.3 is 6.18 Å². The summed E-state index contributed by atoms with van der Waals surface area (Å²) in [6.07, 6.45) is -4.80. The molecule has 0 spiro atoms. The van der Waals surface area contributed by atoms with Gasteiger partial charge < -0.3 is 19.7 Å². The number of rotatable bonds is 7. The highest BCUT2D eigenvalue weighted by Gasteiger charge is 2.63. The standard InChI is InChI=1S/C20H21F5N4O5S/c1-3-34-19(20(23,24)25)9-14(18(30)28-11-6-7-27-15(8-11)35(26,31)32)29(10-19)13-5-4-12(21)16(22)17(13)33-2/h4-8,14H,3,9-10H2,1-2H3,(H2,26,31,32)(H,27,28,30)/t14-,19+/m0/s1. The third-order valence-corrected chi connectivity index (χ3v) is 6.21. The molecule has 192 valence electrons. The highest BCUT2D eigenvalue weighted by atomic mass is 32.2. The molecule has 3 N–H and O–H groups in total. The van der Waals surface area contributed by atoms with Crippen molar-refractivity contribution in [3.8, 4) is 5.75 Å². The van der Waals surface area contributed by atoms with Crippen LogP contribution in [0.3, 0.4) is 0 Å². The smallest absolute Gasteiger partial charge is 0.419 e. The topological polar surface area (TPSA) is 124 Å². The maximum Gasteiger partial charge on any atom is 0.419 e. The van der Waals surface area contributed by atoms with Gasteiger partial charge in [0.05, 0.1) is 19.3 Å². The molecular formula is C20H21F5N4O5S. The number of alkyl halides is 3. The number of hydrogen-bond acceptors (Lipinski definition) is 7. The molecule has 1 aromatic carbocycles. The minimum atomic E-state index is -4.93. The molecule has 1 aromatic heterocycles. The van der Waals surface area contributed by atoms with Gasteiger partial charge in [-0.2, -0.15) is 17.6 Å². The number of nitrogens with two attached hydrogens (primary N) is 1. The number of nitrogens with one attached hydrogen (secondary N) is 1. The third-order valence-electron chi connectivity index (χ3n) is 5.40. The van der Waals surface area contributed by atoms with Crippen LogP contribution in [-0.2, 0) is 19.6 Å². The van der Waals surface area contributed by atoms with E-state index in [1.54, 1.807) is 0 Å². The number of carbonyl (C=O) groups excluding carboxylic acids is 1. The molecule has 2 heterocycles. The number of ether oxygens (including phenoxy) is 2. The summed E-state index contributed by atoms with van der Waals surface area (Å²) in [5.41, 5.74) is -3.24. The van der Waals surface area contributed by atoms with E-state index in [1.807, 2.05) is 0 Å². The lowest BCUT2D eigenvalue weighted by molar-refractivity contribution is -0.268. The van der Waals surface area contributed by atoms with Crippen LogP contribution in [0, 0.1) is 11.6 Å². The number of primary sulfonamides is 1. The Hall–Kier alpha value is -3.04. The largest absolute Gasteiger partial charge is 0.491 e. The average molecular weight is 524 g/mol. The molecule has 1 aliphatic rings. The number of hydrogen-bond donors (Lipinski definition) is 2. The second-order valence-electron chi connectivity index (χ2n) is 7.60. The van der Waals surface area contributed by atoms with E-state index in [2.05, 4.69) is 10.3 Å². The molecule has 0 aliphatic carbocycles. The van der Waals surface area contributed by atoms with Crippen LogP contribution in [0.4, 0.5) is 33.3 Å². The molecule has 9 nitrogen and oxygen atoms in total. The van der Waals surface area contributed by atoms with Crippen molar-refractivity contribution in [3.05, 3.63) is 42.1 Å². The first kappa shape index (κ1) is 26.6. The van der Waals surface area contributed by atoms with Gasteiger partial charge in [-0.3, -0.25) is 4.79 Å². The summed E-state index contributed by atoms with van der Waals surface area (Å²) < 4.78 is 104. The molecule has 1 saturated heterocycles. The number of carbonyl (C=O) groups is 1. The van der Waals surface area contributed by atoms with Crippen LogP contribution in [0.1, 0.15) is 13.3 Å². The highest BCUT2D eigenvalue weighted by Crippen LogP contribution is 2.47. The van der Waals surface area contributed by atoms with E-state index >= 15 is 0 Å². The lowest BCUT2D eigenvalue weighted by Gasteiger charge is -2.32. The summed E-state index contributed by atoms with van der Waals surface area (Å²) in [7, 11) is -3.23. The molecule has 0 saturated carbocycles. The Bertz CT molecular complexity index is 1230. The number of benzene rings is 1. The SMILES string of the molecule is CCO[C@]1(C(F)(F)F)C[C@@H](C(=O)Nc2ccnc(S(N)(=O)=O)c2)N(c2ccc(F)c(F)c2OC)C1. The summed E-state index contributed by atoms with van der Waals surface area (Å²) in [5, 5.41) is 6.75. The zero-order valence-electron chi connectivity index (χ0n) is 18.4. The second-order valence-corrected chi connectivity index (χ2v) is 9.11. The molecule has 1 aliphatic heterocycles. The molecule has 2 atom stereocenters. The summed E-state index contributed by atoms with van der Waals surface area (Å²) in [6, 6.07) is 2.19. The Morgan fingerprint density at radius 1 is 1.31 bits per heavy atom. The Morgan fingerprint density at radius 3 is 2.57 bits per heavy atom. The monoisotopic (exact) mass is 524 g/mol. The predicted octanol–water partition coefficient (Wildman–Crippen LogP) is 2.57. The molecule has 1 fully saturated rings. The fraction of sp³-hybridized carbons (Fsp3) is 0.400. The first-order chi connectivity index (χ1) is 16.2. The van der Waals surface area contributed by atoms with Crippen LogP contribution in [-0.4, -0.2) is 57.4 Å². The van der Waals surface area contributed by atoms with Gasteiger partial charge in [-0.05, 0) is 25.1 Å². The Kier molecular flexibility index (Phi) is 7.24. The molecule has 0 bridgehead atoms. The Balaban J connectivity index is 2.07. The maximum atomic E-state index is 14.4. The number of sulfonamides is 1. The summed E-state index contributed by atoms with van der Waals surface area (Å²) in [5.74, 6) is -4.45. The van der Waals surface area contributed by atoms with Crippen molar-refractivity contribution in [2.75, 3.05) is 30.5 Å². The van der Waals surface area contributed by atoms with Crippen LogP contribution in [0.2, 0.25) is 0 Å². The van der Waals surface area contributed by atoms with Crippen molar-refractivity contribution in [1.82, 2.24) is 4.98 Å². The van der Waals surface area contributed by atoms with E-state index in [9.17, 15) is 35.2 Å². The lowest BCUT2D eigenvalue weighted by atomic mass is 9.98. The van der Waals surface area contributed by atoms with Crippen LogP contribution in [0.25, 0.3) is 0 Å². The highest BCUT2D eigenvalue weighted by molar-refractivity contribution is 7.89. The minimum absolute atomic E-state index is 0.118. The van der Waals surface area contributed by atoms with Crippen LogP contribution >= 0.6 is 0 Å². The first-order valence-corrected chi connectivity index (χ1v) is 11.6. The summed E-state index contributed by atoms with van der Waals surface area (Å²) in [4.78, 5) is 17.6. The molecular weight excluding hydrogens is 503 g/mol. The van der Waals surface area contributed by atoms with Crippen LogP contribution in [0.5, 0.6) is 5.75 Å². The number of pyridine rings is 1. The average Bonchev–Trinajstić information content (AvgIpc) is 3.16. The number of nitrogens with zero attached hydrogens (tertiary/aromatic N) is 2. The van der Waals surface area contributed by atoms with Gasteiger partial charge in [0.25, 0.3) is 10.0 Å². The van der Waals surface area contributed by atoms with E-state index in [4.69, 9.17) is 14.6 Å². The second kappa shape index (κ2) is 9.54. The van der Waals surface area contributed by atoms with Crippen molar-refractivity contribution in [2.24, 2.45) is 5.14 Å². The van der Waals surface area contributed by atoms with Crippen molar-refractivity contribution >= 4 is 27.3 Å². The lowest BCUT2D eigenvalue weighted by Crippen LogP contribution is -2.50. The van der Waals surface area contributed by atoms with Gasteiger partial charge in [0.15, 0.2) is 22.2 Å². The van der Waals surface area contributed by atoms with Gasteiger partial charge in [-0.25, -0.2) is 22.9 Å². The number of anilines is 2. The number of halogens is 5. The maximum absolute atomic E-state index is 14.4. The van der Waals surface area contributed by atoms with Gasteiger partial charge in [0.2, 0.25) is 11.7 Å². The van der Waals surface area contributed by atoms with Crippen molar-refractivity contribution < 1.29 is 44.6 Å². The van der Waals surface area contributed by atoms with Crippen molar-refractivity contribution in [2.45, 2.75) is 36.2 Å². The van der Waals surface area contributed by atoms with Gasteiger partial charge in [0.1, 0.15) is 6.04 Å². The Morgan fingerprint density at radius 2 is 2.00 bits per heavy atom. The quantitative estimate of drug-likeness (QED) is 0.534. The van der Waals surface area contributed by atoms with Crippen molar-refractivity contribution in [1.29, 1.82) is 0 Å². The normalized spacial score (nSPS) is 20.7. The molecule has 0 unspecified atom stereocenters.